The third kappa shape index (κ3) is 3.93. The van der Waals surface area contributed by atoms with E-state index < -0.39 is 11.7 Å². The molecule has 4 rings (SSSR count). The summed E-state index contributed by atoms with van der Waals surface area (Å²) in [6, 6.07) is 12.3. The van der Waals surface area contributed by atoms with E-state index in [1.54, 1.807) is 36.3 Å². The zero-order valence-electron chi connectivity index (χ0n) is 15.5. The molecule has 9 heteroatoms. The van der Waals surface area contributed by atoms with Crippen molar-refractivity contribution in [3.63, 3.8) is 0 Å². The number of nitrogens with zero attached hydrogens (tertiary/aromatic N) is 3. The van der Waals surface area contributed by atoms with Crippen molar-refractivity contribution >= 4 is 23.5 Å². The second-order valence-electron chi connectivity index (χ2n) is 6.51. The molecule has 2 heterocycles. The molecule has 0 bridgehead atoms. The molecule has 3 aromatic rings. The molecule has 0 spiro atoms. The summed E-state index contributed by atoms with van der Waals surface area (Å²) < 4.78 is 23.9. The molecule has 1 aromatic heterocycles. The van der Waals surface area contributed by atoms with Crippen LogP contribution in [0, 0.1) is 5.82 Å². The minimum Gasteiger partial charge on any atom is -0.497 e. The van der Waals surface area contributed by atoms with E-state index in [1.165, 1.54) is 18.2 Å². The smallest absolute Gasteiger partial charge is 0.322 e. The molecular weight excluding hydrogens is 379 g/mol. The first-order valence-electron chi connectivity index (χ1n) is 8.88. The monoisotopic (exact) mass is 396 g/mol. The van der Waals surface area contributed by atoms with Crippen LogP contribution in [-0.4, -0.2) is 35.7 Å². The van der Waals surface area contributed by atoms with E-state index in [1.807, 2.05) is 0 Å². The second kappa shape index (κ2) is 7.70. The standard InChI is InChI=1S/C20H17FN4O4/c1-28-16-7-5-15(6-8-16)25-11-13(10-17(25)26)19-23-24-20(29-19)22-18(27)12-3-2-4-14(21)9-12/h2-9,13H,10-11H2,1H3,(H,22,24,27)/t13-/m1/s1. The molecule has 0 aliphatic carbocycles. The van der Waals surface area contributed by atoms with Crippen molar-refractivity contribution in [1.82, 2.24) is 10.2 Å². The highest BCUT2D eigenvalue weighted by molar-refractivity contribution is 6.03. The van der Waals surface area contributed by atoms with Crippen LogP contribution in [0.1, 0.15) is 28.6 Å². The van der Waals surface area contributed by atoms with Gasteiger partial charge in [0.25, 0.3) is 5.91 Å². The second-order valence-corrected chi connectivity index (χ2v) is 6.51. The van der Waals surface area contributed by atoms with E-state index in [4.69, 9.17) is 9.15 Å². The van der Waals surface area contributed by atoms with Gasteiger partial charge in [-0.1, -0.05) is 11.2 Å². The minimum atomic E-state index is -0.568. The summed E-state index contributed by atoms with van der Waals surface area (Å²) >= 11 is 0. The molecule has 1 atom stereocenters. The Morgan fingerprint density at radius 1 is 1.24 bits per heavy atom. The van der Waals surface area contributed by atoms with Crippen LogP contribution >= 0.6 is 0 Å². The number of nitrogens with one attached hydrogen (secondary N) is 1. The van der Waals surface area contributed by atoms with Gasteiger partial charge in [-0.3, -0.25) is 14.9 Å². The average Bonchev–Trinajstić information content (AvgIpc) is 3.34. The summed E-state index contributed by atoms with van der Waals surface area (Å²) in [7, 11) is 1.58. The molecule has 29 heavy (non-hydrogen) atoms. The third-order valence-corrected chi connectivity index (χ3v) is 4.61. The lowest BCUT2D eigenvalue weighted by Crippen LogP contribution is -2.24. The van der Waals surface area contributed by atoms with Gasteiger partial charge in [-0.25, -0.2) is 4.39 Å². The molecular formula is C20H17FN4O4. The number of rotatable bonds is 5. The lowest BCUT2D eigenvalue weighted by atomic mass is 10.1. The van der Waals surface area contributed by atoms with Gasteiger partial charge in [0, 0.05) is 24.2 Å². The van der Waals surface area contributed by atoms with Gasteiger partial charge in [-0.05, 0) is 42.5 Å². The summed E-state index contributed by atoms with van der Waals surface area (Å²) in [5.41, 5.74) is 0.879. The summed E-state index contributed by atoms with van der Waals surface area (Å²) in [5.74, 6) is -0.494. The third-order valence-electron chi connectivity index (χ3n) is 4.61. The molecule has 0 radical (unpaired) electrons. The Kier molecular flexibility index (Phi) is 4.94. The molecule has 1 fully saturated rings. The molecule has 0 saturated carbocycles. The normalized spacial score (nSPS) is 16.1. The first-order chi connectivity index (χ1) is 14.0. The molecule has 0 unspecified atom stereocenters. The van der Waals surface area contributed by atoms with Crippen LogP contribution in [0.15, 0.2) is 52.9 Å². The summed E-state index contributed by atoms with van der Waals surface area (Å²) in [5, 5.41) is 10.2. The van der Waals surface area contributed by atoms with E-state index in [2.05, 4.69) is 15.5 Å². The highest BCUT2D eigenvalue weighted by Gasteiger charge is 2.35. The van der Waals surface area contributed by atoms with Crippen molar-refractivity contribution < 1.29 is 23.1 Å². The fraction of sp³-hybridized carbons (Fsp3) is 0.200. The van der Waals surface area contributed by atoms with Crippen LogP contribution in [0.5, 0.6) is 5.75 Å². The number of hydrogen-bond donors (Lipinski definition) is 1. The molecule has 1 aliphatic heterocycles. The van der Waals surface area contributed by atoms with E-state index in [9.17, 15) is 14.0 Å². The van der Waals surface area contributed by atoms with Crippen molar-refractivity contribution in [3.8, 4) is 5.75 Å². The van der Waals surface area contributed by atoms with Gasteiger partial charge in [-0.2, -0.15) is 0 Å². The number of amides is 2. The molecule has 148 valence electrons. The molecule has 2 amide bonds. The number of carbonyl (C=O) groups excluding carboxylic acids is 2. The number of ether oxygens (including phenoxy) is 1. The number of anilines is 2. The Hall–Kier alpha value is -3.75. The Bertz CT molecular complexity index is 1050. The van der Waals surface area contributed by atoms with Gasteiger partial charge < -0.3 is 14.1 Å². The van der Waals surface area contributed by atoms with E-state index >= 15 is 0 Å². The van der Waals surface area contributed by atoms with Crippen molar-refractivity contribution in [1.29, 1.82) is 0 Å². The van der Waals surface area contributed by atoms with E-state index in [0.717, 1.165) is 11.8 Å². The largest absolute Gasteiger partial charge is 0.497 e. The zero-order valence-corrected chi connectivity index (χ0v) is 15.5. The highest BCUT2D eigenvalue weighted by Crippen LogP contribution is 2.32. The van der Waals surface area contributed by atoms with Crippen LogP contribution in [0.3, 0.4) is 0 Å². The number of aromatic nitrogens is 2. The van der Waals surface area contributed by atoms with Gasteiger partial charge >= 0.3 is 6.01 Å². The summed E-state index contributed by atoms with van der Waals surface area (Å²) in [4.78, 5) is 26.2. The number of hydrogen-bond acceptors (Lipinski definition) is 6. The number of benzene rings is 2. The Balaban J connectivity index is 1.44. The maximum absolute atomic E-state index is 13.3. The van der Waals surface area contributed by atoms with Gasteiger partial charge in [0.15, 0.2) is 0 Å². The quantitative estimate of drug-likeness (QED) is 0.712. The molecule has 1 saturated heterocycles. The SMILES string of the molecule is COc1ccc(N2C[C@H](c3nnc(NC(=O)c4cccc(F)c4)o3)CC2=O)cc1. The lowest BCUT2D eigenvalue weighted by molar-refractivity contribution is -0.117. The Morgan fingerprint density at radius 2 is 2.03 bits per heavy atom. The first-order valence-corrected chi connectivity index (χ1v) is 8.88. The van der Waals surface area contributed by atoms with Crippen LogP contribution < -0.4 is 15.0 Å². The van der Waals surface area contributed by atoms with Gasteiger partial charge in [0.2, 0.25) is 11.8 Å². The fourth-order valence-corrected chi connectivity index (χ4v) is 3.13. The maximum atomic E-state index is 13.3. The molecule has 1 aliphatic rings. The Morgan fingerprint density at radius 3 is 2.76 bits per heavy atom. The predicted molar refractivity (Wildman–Crippen MR) is 101 cm³/mol. The van der Waals surface area contributed by atoms with Crippen LogP contribution in [-0.2, 0) is 4.79 Å². The van der Waals surface area contributed by atoms with Crippen molar-refractivity contribution in [3.05, 3.63) is 65.8 Å². The van der Waals surface area contributed by atoms with Gasteiger partial charge in [0.1, 0.15) is 11.6 Å². The number of methoxy groups -OCH3 is 1. The summed E-state index contributed by atoms with van der Waals surface area (Å²) in [6.45, 7) is 0.380. The van der Waals surface area contributed by atoms with Crippen LogP contribution in [0.25, 0.3) is 0 Å². The van der Waals surface area contributed by atoms with Crippen molar-refractivity contribution in [2.24, 2.45) is 0 Å². The molecule has 1 N–H and O–H groups in total. The van der Waals surface area contributed by atoms with Crippen molar-refractivity contribution in [2.75, 3.05) is 23.9 Å². The summed E-state index contributed by atoms with van der Waals surface area (Å²) in [6.07, 6.45) is 0.214. The van der Waals surface area contributed by atoms with E-state index in [-0.39, 0.29) is 35.7 Å². The molecule has 8 nitrogen and oxygen atoms in total. The van der Waals surface area contributed by atoms with Crippen molar-refractivity contribution in [2.45, 2.75) is 12.3 Å². The number of carbonyl (C=O) groups is 2. The van der Waals surface area contributed by atoms with Gasteiger partial charge in [-0.15, -0.1) is 5.10 Å². The van der Waals surface area contributed by atoms with Crippen LogP contribution in [0.4, 0.5) is 16.1 Å². The number of halogens is 1. The highest BCUT2D eigenvalue weighted by atomic mass is 19.1. The van der Waals surface area contributed by atoms with Crippen LogP contribution in [0.2, 0.25) is 0 Å². The maximum Gasteiger partial charge on any atom is 0.322 e. The predicted octanol–water partition coefficient (Wildman–Crippen LogP) is 2.99. The lowest BCUT2D eigenvalue weighted by Gasteiger charge is -2.16. The first kappa shape index (κ1) is 18.6. The topological polar surface area (TPSA) is 97.6 Å². The zero-order chi connectivity index (χ0) is 20.4. The fourth-order valence-electron chi connectivity index (χ4n) is 3.13. The van der Waals surface area contributed by atoms with E-state index in [0.29, 0.717) is 12.3 Å². The van der Waals surface area contributed by atoms with Gasteiger partial charge in [0.05, 0.1) is 13.0 Å². The Labute approximate surface area is 165 Å². The average molecular weight is 396 g/mol. The minimum absolute atomic E-state index is 0.0660. The molecule has 2 aromatic carbocycles.